The van der Waals surface area contributed by atoms with Crippen LogP contribution in [0.1, 0.15) is 29.8 Å². The van der Waals surface area contributed by atoms with Gasteiger partial charge in [-0.1, -0.05) is 23.7 Å². The van der Waals surface area contributed by atoms with Crippen molar-refractivity contribution in [1.29, 1.82) is 0 Å². The SMILES string of the molecule is O=C(Nc1ccc(N2CCCCC2)c(Cl)c1)c1ccc(-c2ccccc2[N+](=O)[O-])o1. The largest absolute Gasteiger partial charge is 0.451 e. The summed E-state index contributed by atoms with van der Waals surface area (Å²) in [6, 6.07) is 14.7. The summed E-state index contributed by atoms with van der Waals surface area (Å²) in [5, 5.41) is 14.6. The van der Waals surface area contributed by atoms with Crippen LogP contribution in [0.25, 0.3) is 11.3 Å². The minimum absolute atomic E-state index is 0.0550. The molecule has 30 heavy (non-hydrogen) atoms. The molecule has 0 saturated carbocycles. The number of nitrogens with one attached hydrogen (secondary N) is 1. The Bertz CT molecular complexity index is 1090. The van der Waals surface area contributed by atoms with Crippen molar-refractivity contribution in [2.24, 2.45) is 0 Å². The van der Waals surface area contributed by atoms with Crippen molar-refractivity contribution in [3.63, 3.8) is 0 Å². The summed E-state index contributed by atoms with van der Waals surface area (Å²) in [6.07, 6.45) is 3.53. The number of anilines is 2. The number of carbonyl (C=O) groups is 1. The summed E-state index contributed by atoms with van der Waals surface area (Å²) in [5.74, 6) is -0.146. The van der Waals surface area contributed by atoms with Crippen LogP contribution in [-0.4, -0.2) is 23.9 Å². The first kappa shape index (κ1) is 20.0. The highest BCUT2D eigenvalue weighted by Crippen LogP contribution is 2.32. The number of rotatable bonds is 5. The molecule has 0 bridgehead atoms. The van der Waals surface area contributed by atoms with Crippen molar-refractivity contribution < 1.29 is 14.1 Å². The van der Waals surface area contributed by atoms with Crippen molar-refractivity contribution in [2.75, 3.05) is 23.3 Å². The van der Waals surface area contributed by atoms with Gasteiger partial charge >= 0.3 is 0 Å². The fourth-order valence-electron chi connectivity index (χ4n) is 3.61. The molecule has 154 valence electrons. The van der Waals surface area contributed by atoms with Crippen molar-refractivity contribution in [2.45, 2.75) is 19.3 Å². The second-order valence-corrected chi connectivity index (χ2v) is 7.51. The monoisotopic (exact) mass is 425 g/mol. The van der Waals surface area contributed by atoms with E-state index in [1.807, 2.05) is 6.07 Å². The predicted octanol–water partition coefficient (Wildman–Crippen LogP) is 5.75. The van der Waals surface area contributed by atoms with Gasteiger partial charge in [0.15, 0.2) is 5.76 Å². The molecule has 1 N–H and O–H groups in total. The molecule has 1 fully saturated rings. The first-order valence-corrected chi connectivity index (χ1v) is 10.1. The molecule has 0 aliphatic carbocycles. The Morgan fingerprint density at radius 2 is 1.83 bits per heavy atom. The number of para-hydroxylation sites is 1. The lowest BCUT2D eigenvalue weighted by Crippen LogP contribution is -2.29. The van der Waals surface area contributed by atoms with E-state index in [1.54, 1.807) is 36.4 Å². The van der Waals surface area contributed by atoms with Gasteiger partial charge in [-0.2, -0.15) is 0 Å². The second-order valence-electron chi connectivity index (χ2n) is 7.11. The van der Waals surface area contributed by atoms with Gasteiger partial charge in [0.25, 0.3) is 11.6 Å². The summed E-state index contributed by atoms with van der Waals surface area (Å²) in [7, 11) is 0. The van der Waals surface area contributed by atoms with Gasteiger partial charge in [0.2, 0.25) is 0 Å². The van der Waals surface area contributed by atoms with Gasteiger partial charge < -0.3 is 14.6 Å². The number of hydrogen-bond donors (Lipinski definition) is 1. The van der Waals surface area contributed by atoms with Crippen molar-refractivity contribution in [3.8, 4) is 11.3 Å². The lowest BCUT2D eigenvalue weighted by Gasteiger charge is -2.29. The zero-order valence-electron chi connectivity index (χ0n) is 16.1. The van der Waals surface area contributed by atoms with Crippen molar-refractivity contribution in [3.05, 3.63) is 75.5 Å². The first-order valence-electron chi connectivity index (χ1n) is 9.72. The maximum Gasteiger partial charge on any atom is 0.291 e. The zero-order chi connectivity index (χ0) is 21.1. The standard InChI is InChI=1S/C22H20ClN3O4/c23-17-14-15(8-9-19(17)25-12-4-1-5-13-25)24-22(27)21-11-10-20(30-21)16-6-2-3-7-18(16)26(28)29/h2-3,6-11,14H,1,4-5,12-13H2,(H,24,27). The molecule has 0 atom stereocenters. The fourth-order valence-corrected chi connectivity index (χ4v) is 3.91. The van der Waals surface area contributed by atoms with Gasteiger partial charge in [-0.15, -0.1) is 0 Å². The highest BCUT2D eigenvalue weighted by Gasteiger charge is 2.20. The first-order chi connectivity index (χ1) is 14.5. The van der Waals surface area contributed by atoms with Crippen LogP contribution in [0.3, 0.4) is 0 Å². The Kier molecular flexibility index (Phi) is 5.72. The molecule has 0 unspecified atom stereocenters. The molecule has 8 heteroatoms. The van der Waals surface area contributed by atoms with Gasteiger partial charge in [0.1, 0.15) is 5.76 Å². The van der Waals surface area contributed by atoms with E-state index in [1.165, 1.54) is 18.6 Å². The van der Waals surface area contributed by atoms with Crippen LogP contribution in [-0.2, 0) is 0 Å². The quantitative estimate of drug-likeness (QED) is 0.415. The van der Waals surface area contributed by atoms with E-state index in [0.29, 0.717) is 16.3 Å². The summed E-state index contributed by atoms with van der Waals surface area (Å²) in [4.78, 5) is 25.6. The summed E-state index contributed by atoms with van der Waals surface area (Å²) in [6.45, 7) is 1.96. The normalized spacial score (nSPS) is 13.8. The van der Waals surface area contributed by atoms with Crippen LogP contribution >= 0.6 is 11.6 Å². The molecule has 0 radical (unpaired) electrons. The molecular weight excluding hydrogens is 406 g/mol. The van der Waals surface area contributed by atoms with E-state index in [9.17, 15) is 14.9 Å². The molecule has 7 nitrogen and oxygen atoms in total. The summed E-state index contributed by atoms with van der Waals surface area (Å²) >= 11 is 6.44. The van der Waals surface area contributed by atoms with Crippen LogP contribution in [0.15, 0.2) is 59.0 Å². The number of carbonyl (C=O) groups excluding carboxylic acids is 1. The Balaban J connectivity index is 1.50. The summed E-state index contributed by atoms with van der Waals surface area (Å²) < 4.78 is 5.59. The van der Waals surface area contributed by atoms with Crippen LogP contribution in [0.5, 0.6) is 0 Å². The number of benzene rings is 2. The third-order valence-corrected chi connectivity index (χ3v) is 5.40. The molecule has 0 spiro atoms. The number of furan rings is 1. The van der Waals surface area contributed by atoms with Gasteiger partial charge in [0, 0.05) is 24.8 Å². The predicted molar refractivity (Wildman–Crippen MR) is 116 cm³/mol. The molecule has 2 aromatic carbocycles. The molecule has 1 saturated heterocycles. The smallest absolute Gasteiger partial charge is 0.291 e. The zero-order valence-corrected chi connectivity index (χ0v) is 16.9. The van der Waals surface area contributed by atoms with Gasteiger partial charge in [0.05, 0.1) is 21.2 Å². The number of halogens is 1. The molecular formula is C22H20ClN3O4. The molecule has 4 rings (SSSR count). The van der Waals surface area contributed by atoms with Crippen LogP contribution in [0.2, 0.25) is 5.02 Å². The topological polar surface area (TPSA) is 88.6 Å². The van der Waals surface area contributed by atoms with Gasteiger partial charge in [-0.25, -0.2) is 0 Å². The molecule has 1 amide bonds. The second kappa shape index (κ2) is 8.59. The maximum absolute atomic E-state index is 12.6. The average molecular weight is 426 g/mol. The Morgan fingerprint density at radius 1 is 1.07 bits per heavy atom. The average Bonchev–Trinajstić information content (AvgIpc) is 3.25. The highest BCUT2D eigenvalue weighted by atomic mass is 35.5. The van der Waals surface area contributed by atoms with Crippen molar-refractivity contribution >= 4 is 34.6 Å². The van der Waals surface area contributed by atoms with E-state index in [-0.39, 0.29) is 17.2 Å². The van der Waals surface area contributed by atoms with Crippen LogP contribution < -0.4 is 10.2 Å². The number of amides is 1. The van der Waals surface area contributed by atoms with E-state index >= 15 is 0 Å². The van der Waals surface area contributed by atoms with E-state index < -0.39 is 10.8 Å². The Morgan fingerprint density at radius 3 is 2.57 bits per heavy atom. The minimum Gasteiger partial charge on any atom is -0.451 e. The molecule has 3 aromatic rings. The number of nitro benzene ring substituents is 1. The molecule has 2 heterocycles. The van der Waals surface area contributed by atoms with Gasteiger partial charge in [-0.3, -0.25) is 14.9 Å². The number of nitrogens with zero attached hydrogens (tertiary/aromatic N) is 2. The van der Waals surface area contributed by atoms with E-state index in [0.717, 1.165) is 31.6 Å². The fraction of sp³-hybridized carbons (Fsp3) is 0.227. The van der Waals surface area contributed by atoms with Gasteiger partial charge in [-0.05, 0) is 55.7 Å². The third kappa shape index (κ3) is 4.16. The Labute approximate surface area is 178 Å². The molecule has 1 aliphatic rings. The number of nitro groups is 1. The van der Waals surface area contributed by atoms with Crippen molar-refractivity contribution in [1.82, 2.24) is 0 Å². The van der Waals surface area contributed by atoms with E-state index in [4.69, 9.17) is 16.0 Å². The molecule has 1 aromatic heterocycles. The van der Waals surface area contributed by atoms with E-state index in [2.05, 4.69) is 10.2 Å². The highest BCUT2D eigenvalue weighted by molar-refractivity contribution is 6.33. The summed E-state index contributed by atoms with van der Waals surface area (Å²) in [5.41, 5.74) is 1.75. The maximum atomic E-state index is 12.6. The third-order valence-electron chi connectivity index (χ3n) is 5.10. The Hall–Kier alpha value is -3.32. The number of hydrogen-bond acceptors (Lipinski definition) is 5. The number of piperidine rings is 1. The minimum atomic E-state index is -0.483. The lowest BCUT2D eigenvalue weighted by atomic mass is 10.1. The molecule has 1 aliphatic heterocycles. The van der Waals surface area contributed by atoms with Crippen LogP contribution in [0, 0.1) is 10.1 Å². The lowest BCUT2D eigenvalue weighted by molar-refractivity contribution is -0.384. The van der Waals surface area contributed by atoms with Crippen LogP contribution in [0.4, 0.5) is 17.1 Å².